The van der Waals surface area contributed by atoms with E-state index in [2.05, 4.69) is 26.3 Å². The highest BCUT2D eigenvalue weighted by Gasteiger charge is 2.33. The molecule has 0 aliphatic rings. The Morgan fingerprint density at radius 3 is 1.38 bits per heavy atom. The van der Waals surface area contributed by atoms with E-state index in [0.29, 0.717) is 26.2 Å². The zero-order valence-corrected chi connectivity index (χ0v) is 13.0. The maximum absolute atomic E-state index is 12.5. The molecule has 0 rings (SSSR count). The average molecular weight is 322 g/mol. The Labute approximate surface area is 126 Å². The van der Waals surface area contributed by atoms with Gasteiger partial charge >= 0.3 is 6.18 Å². The number of nitrogens with zero attached hydrogens (tertiary/aromatic N) is 2. The van der Waals surface area contributed by atoms with Gasteiger partial charge in [0.25, 0.3) is 0 Å². The Morgan fingerprint density at radius 1 is 0.810 bits per heavy atom. The molecule has 0 aromatic carbocycles. The first-order valence-corrected chi connectivity index (χ1v) is 7.49. The molecule has 7 heteroatoms. The SMILES string of the molecule is C=CCN(CC=C)P(OCC(F)(F)F)N(CC=C)CC=C. The van der Waals surface area contributed by atoms with Gasteiger partial charge in [-0.05, 0) is 0 Å². The summed E-state index contributed by atoms with van der Waals surface area (Å²) in [4.78, 5) is 0. The molecule has 21 heavy (non-hydrogen) atoms. The van der Waals surface area contributed by atoms with Gasteiger partial charge in [-0.1, -0.05) is 24.3 Å². The number of rotatable bonds is 12. The summed E-state index contributed by atoms with van der Waals surface area (Å²) < 4.78 is 46.0. The molecule has 0 atom stereocenters. The van der Waals surface area contributed by atoms with Gasteiger partial charge in [-0.2, -0.15) is 13.2 Å². The molecule has 0 aromatic rings. The Morgan fingerprint density at radius 2 is 1.14 bits per heavy atom. The molecule has 0 fully saturated rings. The van der Waals surface area contributed by atoms with E-state index < -0.39 is 21.2 Å². The fraction of sp³-hybridized carbons (Fsp3) is 0.429. The summed E-state index contributed by atoms with van der Waals surface area (Å²) >= 11 is 0. The van der Waals surface area contributed by atoms with Crippen molar-refractivity contribution in [1.82, 2.24) is 9.34 Å². The maximum atomic E-state index is 12.5. The van der Waals surface area contributed by atoms with Crippen molar-refractivity contribution >= 4 is 8.45 Å². The first-order chi connectivity index (χ1) is 9.89. The van der Waals surface area contributed by atoms with E-state index >= 15 is 0 Å². The smallest absolute Gasteiger partial charge is 0.322 e. The van der Waals surface area contributed by atoms with E-state index in [1.54, 1.807) is 33.6 Å². The van der Waals surface area contributed by atoms with Crippen molar-refractivity contribution in [3.8, 4) is 0 Å². The second-order valence-electron chi connectivity index (χ2n) is 4.04. The second kappa shape index (κ2) is 10.7. The quantitative estimate of drug-likeness (QED) is 0.397. The molecule has 0 radical (unpaired) electrons. The lowest BCUT2D eigenvalue weighted by atomic mass is 10.5. The fourth-order valence-corrected chi connectivity index (χ4v) is 3.46. The molecule has 0 unspecified atom stereocenters. The van der Waals surface area contributed by atoms with Gasteiger partial charge in [0.15, 0.2) is 8.45 Å². The lowest BCUT2D eigenvalue weighted by molar-refractivity contribution is -0.153. The molecule has 0 N–H and O–H groups in total. The fourth-order valence-electron chi connectivity index (χ4n) is 1.50. The predicted octanol–water partition coefficient (Wildman–Crippen LogP) is 4.14. The predicted molar refractivity (Wildman–Crippen MR) is 82.9 cm³/mol. The van der Waals surface area contributed by atoms with E-state index in [1.165, 1.54) is 0 Å². The third-order valence-electron chi connectivity index (χ3n) is 2.19. The van der Waals surface area contributed by atoms with E-state index in [4.69, 9.17) is 4.52 Å². The minimum absolute atomic E-state index is 0.403. The molecular weight excluding hydrogens is 300 g/mol. The molecule has 0 heterocycles. The zero-order valence-electron chi connectivity index (χ0n) is 12.1. The highest BCUT2D eigenvalue weighted by atomic mass is 31.2. The lowest BCUT2D eigenvalue weighted by Gasteiger charge is -2.36. The molecule has 0 bridgehead atoms. The van der Waals surface area contributed by atoms with Gasteiger partial charge in [0.05, 0.1) is 0 Å². The van der Waals surface area contributed by atoms with Gasteiger partial charge in [-0.25, -0.2) is 9.34 Å². The van der Waals surface area contributed by atoms with Crippen molar-refractivity contribution < 1.29 is 17.7 Å². The van der Waals surface area contributed by atoms with Gasteiger partial charge in [-0.15, -0.1) is 26.3 Å². The highest BCUT2D eigenvalue weighted by Crippen LogP contribution is 2.46. The monoisotopic (exact) mass is 322 g/mol. The van der Waals surface area contributed by atoms with Gasteiger partial charge in [-0.3, -0.25) is 0 Å². The van der Waals surface area contributed by atoms with Crippen molar-refractivity contribution in [2.24, 2.45) is 0 Å². The first-order valence-electron chi connectivity index (χ1n) is 6.32. The molecule has 0 spiro atoms. The van der Waals surface area contributed by atoms with Crippen LogP contribution in [0.4, 0.5) is 13.2 Å². The molecule has 0 aromatic heterocycles. The summed E-state index contributed by atoms with van der Waals surface area (Å²) in [6.07, 6.45) is 2.11. The van der Waals surface area contributed by atoms with Crippen LogP contribution in [0, 0.1) is 0 Å². The van der Waals surface area contributed by atoms with Crippen LogP contribution in [0.25, 0.3) is 0 Å². The third kappa shape index (κ3) is 8.83. The van der Waals surface area contributed by atoms with E-state index in [9.17, 15) is 13.2 Å². The van der Waals surface area contributed by atoms with Crippen molar-refractivity contribution in [2.75, 3.05) is 32.8 Å². The van der Waals surface area contributed by atoms with Gasteiger partial charge in [0.1, 0.15) is 6.61 Å². The number of halogens is 3. The summed E-state index contributed by atoms with van der Waals surface area (Å²) in [5.74, 6) is 0. The van der Waals surface area contributed by atoms with Crippen LogP contribution in [-0.2, 0) is 4.52 Å². The number of hydrogen-bond donors (Lipinski definition) is 0. The van der Waals surface area contributed by atoms with Crippen LogP contribution in [-0.4, -0.2) is 48.3 Å². The van der Waals surface area contributed by atoms with Crippen molar-refractivity contribution in [2.45, 2.75) is 6.18 Å². The zero-order chi connectivity index (χ0) is 16.3. The molecular formula is C14H22F3N2OP. The summed E-state index contributed by atoms with van der Waals surface area (Å²) in [5, 5.41) is 0. The molecule has 0 saturated carbocycles. The van der Waals surface area contributed by atoms with E-state index in [-0.39, 0.29) is 0 Å². The largest absolute Gasteiger partial charge is 0.412 e. The molecule has 3 nitrogen and oxygen atoms in total. The molecule has 120 valence electrons. The van der Waals surface area contributed by atoms with Crippen molar-refractivity contribution in [3.05, 3.63) is 50.6 Å². The van der Waals surface area contributed by atoms with Crippen LogP contribution in [0.2, 0.25) is 0 Å². The van der Waals surface area contributed by atoms with Crippen LogP contribution < -0.4 is 0 Å². The van der Waals surface area contributed by atoms with Gasteiger partial charge in [0, 0.05) is 26.2 Å². The molecule has 0 aliphatic carbocycles. The molecule has 0 aliphatic heterocycles. The minimum Gasteiger partial charge on any atom is -0.322 e. The minimum atomic E-state index is -4.37. The molecule has 0 amide bonds. The van der Waals surface area contributed by atoms with Crippen LogP contribution in [0.15, 0.2) is 50.6 Å². The third-order valence-corrected chi connectivity index (χ3v) is 4.17. The van der Waals surface area contributed by atoms with Crippen molar-refractivity contribution in [1.29, 1.82) is 0 Å². The maximum Gasteiger partial charge on any atom is 0.412 e. The summed E-state index contributed by atoms with van der Waals surface area (Å²) in [5.41, 5.74) is 0. The Balaban J connectivity index is 5.15. The van der Waals surface area contributed by atoms with Crippen LogP contribution in [0.5, 0.6) is 0 Å². The lowest BCUT2D eigenvalue weighted by Crippen LogP contribution is -2.32. The highest BCUT2D eigenvalue weighted by molar-refractivity contribution is 7.47. The van der Waals surface area contributed by atoms with Crippen LogP contribution >= 0.6 is 8.45 Å². The van der Waals surface area contributed by atoms with Gasteiger partial charge < -0.3 is 4.52 Å². The summed E-state index contributed by atoms with van der Waals surface area (Å²) in [6, 6.07) is 0. The normalized spacial score (nSPS) is 11.9. The summed E-state index contributed by atoms with van der Waals surface area (Å²) in [7, 11) is -1.61. The average Bonchev–Trinajstić information content (AvgIpc) is 2.38. The molecule has 0 saturated heterocycles. The first kappa shape index (κ1) is 20.1. The number of hydrogen-bond acceptors (Lipinski definition) is 3. The second-order valence-corrected chi connectivity index (χ2v) is 5.93. The van der Waals surface area contributed by atoms with Gasteiger partial charge in [0.2, 0.25) is 0 Å². The van der Waals surface area contributed by atoms with Crippen LogP contribution in [0.3, 0.4) is 0 Å². The van der Waals surface area contributed by atoms with Crippen LogP contribution in [0.1, 0.15) is 0 Å². The van der Waals surface area contributed by atoms with E-state index in [0.717, 1.165) is 0 Å². The standard InChI is InChI=1S/C14H22F3N2OP/c1-5-9-18(10-6-2)21(20-13-14(15,16)17)19(11-7-3)12-8-4/h5-8H,1-4,9-13H2. The number of alkyl halides is 3. The Hall–Kier alpha value is -0.940. The Kier molecular flexibility index (Phi) is 10.3. The summed E-state index contributed by atoms with van der Waals surface area (Å²) in [6.45, 7) is 14.8. The van der Waals surface area contributed by atoms with Crippen molar-refractivity contribution in [3.63, 3.8) is 0 Å². The van der Waals surface area contributed by atoms with E-state index in [1.807, 2.05) is 0 Å². The topological polar surface area (TPSA) is 15.7 Å². The Bertz CT molecular complexity index is 304.